The molecule has 0 saturated heterocycles. The van der Waals surface area contributed by atoms with Crippen LogP contribution in [0.15, 0.2) is 53.0 Å². The van der Waals surface area contributed by atoms with Crippen LogP contribution in [0.4, 0.5) is 8.78 Å². The van der Waals surface area contributed by atoms with Gasteiger partial charge < -0.3 is 13.9 Å². The van der Waals surface area contributed by atoms with Crippen molar-refractivity contribution in [3.05, 3.63) is 64.8 Å². The second-order valence-corrected chi connectivity index (χ2v) is 9.12. The van der Waals surface area contributed by atoms with Crippen LogP contribution < -0.4 is 4.74 Å². The molecule has 0 unspecified atom stereocenters. The monoisotopic (exact) mass is 488 g/mol. The van der Waals surface area contributed by atoms with Crippen LogP contribution in [-0.4, -0.2) is 37.5 Å². The highest BCUT2D eigenvalue weighted by molar-refractivity contribution is 7.99. The number of hydrogen-bond donors (Lipinski definition) is 0. The minimum atomic E-state index is -2.87. The minimum Gasteiger partial charge on any atom is -0.435 e. The van der Waals surface area contributed by atoms with Crippen LogP contribution in [0, 0.1) is 13.8 Å². The first-order valence-corrected chi connectivity index (χ1v) is 12.1. The summed E-state index contributed by atoms with van der Waals surface area (Å²) < 4.78 is 33.2. The zero-order chi connectivity index (χ0) is 23.5. The first-order valence-electron chi connectivity index (χ1n) is 10.3. The number of halogens is 2. The third-order valence-electron chi connectivity index (χ3n) is 5.16. The fraction of sp³-hybridized carbons (Fsp3) is 0.261. The van der Waals surface area contributed by atoms with E-state index in [0.717, 1.165) is 27.8 Å². The van der Waals surface area contributed by atoms with Crippen molar-refractivity contribution in [3.8, 4) is 22.1 Å². The van der Waals surface area contributed by atoms with Gasteiger partial charge in [-0.2, -0.15) is 8.78 Å². The molecule has 0 aliphatic heterocycles. The molecule has 0 atom stereocenters. The van der Waals surface area contributed by atoms with E-state index < -0.39 is 6.61 Å². The highest BCUT2D eigenvalue weighted by Crippen LogP contribution is 2.29. The standard InChI is InChI=1S/C23H22F2N4O2S2/c1-4-28-21(20-6-5-11-32-20)26-27-23(28)33-13-19(30)18-12-14(2)29(15(18)3)16-7-9-17(10-8-16)31-22(24)25/h5-12,22H,4,13H2,1-3H3. The van der Waals surface area contributed by atoms with Crippen molar-refractivity contribution < 1.29 is 18.3 Å². The molecule has 0 fully saturated rings. The van der Waals surface area contributed by atoms with Gasteiger partial charge in [0.1, 0.15) is 5.75 Å². The van der Waals surface area contributed by atoms with Crippen molar-refractivity contribution in [2.45, 2.75) is 39.1 Å². The summed E-state index contributed by atoms with van der Waals surface area (Å²) in [5.74, 6) is 1.11. The summed E-state index contributed by atoms with van der Waals surface area (Å²) in [4.78, 5) is 14.1. The predicted molar refractivity (Wildman–Crippen MR) is 126 cm³/mol. The molecule has 33 heavy (non-hydrogen) atoms. The molecular weight excluding hydrogens is 466 g/mol. The normalized spacial score (nSPS) is 11.3. The van der Waals surface area contributed by atoms with E-state index >= 15 is 0 Å². The van der Waals surface area contributed by atoms with E-state index in [4.69, 9.17) is 0 Å². The highest BCUT2D eigenvalue weighted by Gasteiger charge is 2.20. The van der Waals surface area contributed by atoms with E-state index in [1.807, 2.05) is 53.5 Å². The van der Waals surface area contributed by atoms with Crippen LogP contribution in [0.2, 0.25) is 0 Å². The number of benzene rings is 1. The third-order valence-corrected chi connectivity index (χ3v) is 6.99. The maximum atomic E-state index is 13.1. The zero-order valence-corrected chi connectivity index (χ0v) is 19.9. The molecule has 3 aromatic heterocycles. The Hall–Kier alpha value is -2.98. The van der Waals surface area contributed by atoms with Crippen molar-refractivity contribution in [2.75, 3.05) is 5.75 Å². The smallest absolute Gasteiger partial charge is 0.387 e. The molecule has 0 amide bonds. The second kappa shape index (κ2) is 9.88. The number of alkyl halides is 2. The van der Waals surface area contributed by atoms with Gasteiger partial charge >= 0.3 is 6.61 Å². The quantitative estimate of drug-likeness (QED) is 0.213. The molecule has 0 radical (unpaired) electrons. The number of ether oxygens (including phenoxy) is 1. The first kappa shape index (κ1) is 23.2. The number of carbonyl (C=O) groups is 1. The van der Waals surface area contributed by atoms with Crippen LogP contribution in [0.5, 0.6) is 5.75 Å². The van der Waals surface area contributed by atoms with Gasteiger partial charge in [-0.1, -0.05) is 17.8 Å². The zero-order valence-electron chi connectivity index (χ0n) is 18.3. The molecule has 0 bridgehead atoms. The number of ketones is 1. The third kappa shape index (κ3) is 4.86. The summed E-state index contributed by atoms with van der Waals surface area (Å²) in [7, 11) is 0. The summed E-state index contributed by atoms with van der Waals surface area (Å²) in [6.45, 7) is 3.64. The molecule has 4 rings (SSSR count). The molecule has 6 nitrogen and oxygen atoms in total. The van der Waals surface area contributed by atoms with E-state index in [-0.39, 0.29) is 17.3 Å². The average molecular weight is 489 g/mol. The molecule has 172 valence electrons. The van der Waals surface area contributed by atoms with Crippen LogP contribution in [-0.2, 0) is 6.54 Å². The molecule has 3 heterocycles. The van der Waals surface area contributed by atoms with Crippen molar-refractivity contribution in [2.24, 2.45) is 0 Å². The van der Waals surface area contributed by atoms with Gasteiger partial charge in [0.15, 0.2) is 16.8 Å². The van der Waals surface area contributed by atoms with Gasteiger partial charge in [-0.05, 0) is 62.5 Å². The summed E-state index contributed by atoms with van der Waals surface area (Å²) in [6, 6.07) is 12.2. The lowest BCUT2D eigenvalue weighted by molar-refractivity contribution is -0.0498. The van der Waals surface area contributed by atoms with Gasteiger partial charge in [-0.15, -0.1) is 21.5 Å². The van der Waals surface area contributed by atoms with E-state index in [9.17, 15) is 13.6 Å². The number of rotatable bonds is 9. The summed E-state index contributed by atoms with van der Waals surface area (Å²) in [5, 5.41) is 11.3. The molecule has 0 N–H and O–H groups in total. The van der Waals surface area contributed by atoms with Gasteiger partial charge in [0, 0.05) is 29.2 Å². The van der Waals surface area contributed by atoms with Crippen LogP contribution in [0.1, 0.15) is 28.7 Å². The predicted octanol–water partition coefficient (Wildman–Crippen LogP) is 6.01. The van der Waals surface area contributed by atoms with Gasteiger partial charge in [0.2, 0.25) is 0 Å². The molecule has 1 aromatic carbocycles. The molecule has 4 aromatic rings. The second-order valence-electron chi connectivity index (χ2n) is 7.23. The number of thioether (sulfide) groups is 1. The van der Waals surface area contributed by atoms with Crippen molar-refractivity contribution >= 4 is 28.9 Å². The molecule has 10 heteroatoms. The largest absolute Gasteiger partial charge is 0.435 e. The van der Waals surface area contributed by atoms with E-state index in [1.54, 1.807) is 23.5 Å². The van der Waals surface area contributed by atoms with Gasteiger partial charge in [-0.25, -0.2) is 0 Å². The number of nitrogens with zero attached hydrogens (tertiary/aromatic N) is 4. The van der Waals surface area contributed by atoms with Crippen LogP contribution >= 0.6 is 23.1 Å². The lowest BCUT2D eigenvalue weighted by Gasteiger charge is -2.11. The van der Waals surface area contributed by atoms with Gasteiger partial charge in [0.05, 0.1) is 10.6 Å². The SMILES string of the molecule is CCn1c(SCC(=O)c2cc(C)n(-c3ccc(OC(F)F)cc3)c2C)nnc1-c1cccs1. The Morgan fingerprint density at radius 2 is 1.94 bits per heavy atom. The Morgan fingerprint density at radius 3 is 2.58 bits per heavy atom. The fourth-order valence-corrected chi connectivity index (χ4v) is 5.30. The maximum absolute atomic E-state index is 13.1. The Labute approximate surface area is 198 Å². The van der Waals surface area contributed by atoms with Gasteiger partial charge in [-0.3, -0.25) is 4.79 Å². The van der Waals surface area contributed by atoms with Crippen LogP contribution in [0.3, 0.4) is 0 Å². The first-order chi connectivity index (χ1) is 15.9. The Kier molecular flexibility index (Phi) is 6.94. The number of Topliss-reactive ketones (excluding diaryl/α,β-unsaturated/α-hetero) is 1. The molecule has 0 saturated carbocycles. The summed E-state index contributed by atoms with van der Waals surface area (Å²) in [5.41, 5.74) is 3.05. The highest BCUT2D eigenvalue weighted by atomic mass is 32.2. The fourth-order valence-electron chi connectivity index (χ4n) is 3.70. The number of thiophene rings is 1. The minimum absolute atomic E-state index is 0.0136. The topological polar surface area (TPSA) is 61.9 Å². The van der Waals surface area contributed by atoms with Gasteiger partial charge in [0.25, 0.3) is 0 Å². The van der Waals surface area contributed by atoms with E-state index in [1.165, 1.54) is 23.9 Å². The van der Waals surface area contributed by atoms with Crippen molar-refractivity contribution in [1.29, 1.82) is 0 Å². The Balaban J connectivity index is 1.51. The number of aromatic nitrogens is 4. The Bertz CT molecular complexity index is 1250. The van der Waals surface area contributed by atoms with E-state index in [0.29, 0.717) is 17.3 Å². The molecule has 0 aliphatic rings. The number of aryl methyl sites for hydroxylation is 1. The molecular formula is C23H22F2N4O2S2. The molecule has 0 spiro atoms. The summed E-state index contributed by atoms with van der Waals surface area (Å²) in [6.07, 6.45) is 0. The van der Waals surface area contributed by atoms with Crippen LogP contribution in [0.25, 0.3) is 16.4 Å². The molecule has 0 aliphatic carbocycles. The van der Waals surface area contributed by atoms with Crippen molar-refractivity contribution in [3.63, 3.8) is 0 Å². The summed E-state index contributed by atoms with van der Waals surface area (Å²) >= 11 is 2.97. The lowest BCUT2D eigenvalue weighted by atomic mass is 10.2. The number of hydrogen-bond acceptors (Lipinski definition) is 6. The van der Waals surface area contributed by atoms with E-state index in [2.05, 4.69) is 14.9 Å². The maximum Gasteiger partial charge on any atom is 0.387 e. The van der Waals surface area contributed by atoms with Crippen molar-refractivity contribution in [1.82, 2.24) is 19.3 Å². The lowest BCUT2D eigenvalue weighted by Crippen LogP contribution is -2.07. The number of carbonyl (C=O) groups excluding carboxylic acids is 1. The average Bonchev–Trinajstić information content (AvgIpc) is 3.51. The Morgan fingerprint density at radius 1 is 1.18 bits per heavy atom.